The molecule has 0 saturated carbocycles. The van der Waals surface area contributed by atoms with Crippen LogP contribution in [0.4, 0.5) is 5.69 Å². The van der Waals surface area contributed by atoms with E-state index in [-0.39, 0.29) is 36.4 Å². The Balaban J connectivity index is 0.993. The zero-order chi connectivity index (χ0) is 42.6. The number of esters is 1. The van der Waals surface area contributed by atoms with E-state index in [2.05, 4.69) is 10.6 Å². The largest absolute Gasteiger partial charge is 0.460 e. The minimum Gasteiger partial charge on any atom is -0.460 e. The van der Waals surface area contributed by atoms with Gasteiger partial charge >= 0.3 is 5.97 Å². The Labute approximate surface area is 346 Å². The maximum atomic E-state index is 13.2. The van der Waals surface area contributed by atoms with E-state index in [0.717, 1.165) is 4.90 Å². The number of amides is 4. The lowest BCUT2D eigenvalue weighted by atomic mass is 10.0. The zero-order valence-electron chi connectivity index (χ0n) is 34.8. The predicted octanol–water partition coefficient (Wildman–Crippen LogP) is 1.40. The minimum atomic E-state index is -1.01. The highest BCUT2D eigenvalue weighted by atomic mass is 16.6. The number of nitrogens with zero attached hydrogens (tertiary/aromatic N) is 1. The molecular formula is C40H63N3O16. The average molecular weight is 842 g/mol. The van der Waals surface area contributed by atoms with Crippen LogP contribution in [-0.4, -0.2) is 185 Å². The molecule has 334 valence electrons. The van der Waals surface area contributed by atoms with Gasteiger partial charge in [0.2, 0.25) is 11.8 Å². The van der Waals surface area contributed by atoms with E-state index in [9.17, 15) is 24.0 Å². The van der Waals surface area contributed by atoms with Gasteiger partial charge in [0.25, 0.3) is 11.8 Å². The van der Waals surface area contributed by atoms with Crippen LogP contribution in [0, 0.1) is 0 Å². The highest BCUT2D eigenvalue weighted by Gasteiger charge is 2.45. The molecule has 2 aliphatic heterocycles. The van der Waals surface area contributed by atoms with Crippen molar-refractivity contribution in [3.63, 3.8) is 0 Å². The number of ether oxygens (including phenoxy) is 11. The van der Waals surface area contributed by atoms with Gasteiger partial charge < -0.3 is 57.4 Å². The second-order valence-electron chi connectivity index (χ2n) is 14.1. The molecule has 0 bridgehead atoms. The first-order valence-corrected chi connectivity index (χ1v) is 20.2. The van der Waals surface area contributed by atoms with Crippen LogP contribution in [0.2, 0.25) is 0 Å². The van der Waals surface area contributed by atoms with Crippen LogP contribution in [0.15, 0.2) is 18.2 Å². The summed E-state index contributed by atoms with van der Waals surface area (Å²) in [6.07, 6.45) is 0.380. The Hall–Kier alpha value is -3.63. The topological polar surface area (TPSA) is 214 Å². The van der Waals surface area contributed by atoms with Gasteiger partial charge in [-0.2, -0.15) is 0 Å². The van der Waals surface area contributed by atoms with E-state index in [1.807, 2.05) is 20.8 Å². The highest BCUT2D eigenvalue weighted by Crippen LogP contribution is 2.32. The summed E-state index contributed by atoms with van der Waals surface area (Å²) in [4.78, 5) is 62.5. The molecule has 2 N–H and O–H groups in total. The number of carbonyl (C=O) groups excluding carboxylic acids is 5. The Bertz CT molecular complexity index is 1410. The third kappa shape index (κ3) is 20.9. The normalized spacial score (nSPS) is 15.5. The lowest BCUT2D eigenvalue weighted by Crippen LogP contribution is -2.54. The summed E-state index contributed by atoms with van der Waals surface area (Å²) < 4.78 is 60.0. The third-order valence-electron chi connectivity index (χ3n) is 8.25. The molecule has 19 nitrogen and oxygen atoms in total. The van der Waals surface area contributed by atoms with Crippen LogP contribution in [0.25, 0.3) is 0 Å². The molecule has 1 aromatic rings. The maximum Gasteiger partial charge on any atom is 0.308 e. The summed E-state index contributed by atoms with van der Waals surface area (Å²) in [5, 5.41) is 5.33. The fraction of sp³-hybridized carbons (Fsp3) is 0.725. The smallest absolute Gasteiger partial charge is 0.308 e. The van der Waals surface area contributed by atoms with Crippen molar-refractivity contribution in [2.45, 2.75) is 51.7 Å². The van der Waals surface area contributed by atoms with Crippen LogP contribution in [0.5, 0.6) is 0 Å². The molecule has 3 rings (SSSR count). The van der Waals surface area contributed by atoms with E-state index in [1.165, 1.54) is 0 Å². The average Bonchev–Trinajstić information content (AvgIpc) is 3.45. The third-order valence-corrected chi connectivity index (χ3v) is 8.25. The van der Waals surface area contributed by atoms with E-state index in [1.54, 1.807) is 18.2 Å². The van der Waals surface area contributed by atoms with Crippen LogP contribution >= 0.6 is 0 Å². The molecule has 0 spiro atoms. The maximum absolute atomic E-state index is 13.2. The van der Waals surface area contributed by atoms with Crippen molar-refractivity contribution >= 4 is 35.3 Å². The number of nitrogens with one attached hydrogen (secondary N) is 2. The summed E-state index contributed by atoms with van der Waals surface area (Å²) >= 11 is 0. The van der Waals surface area contributed by atoms with Gasteiger partial charge in [0.05, 0.1) is 150 Å². The fourth-order valence-electron chi connectivity index (χ4n) is 5.55. The summed E-state index contributed by atoms with van der Waals surface area (Å²) in [6.45, 7) is 14.4. The molecule has 59 heavy (non-hydrogen) atoms. The molecule has 2 heterocycles. The Morgan fingerprint density at radius 2 is 1.05 bits per heavy atom. The van der Waals surface area contributed by atoms with Crippen molar-refractivity contribution < 1.29 is 76.1 Å². The molecular weight excluding hydrogens is 778 g/mol. The molecule has 1 atom stereocenters. The van der Waals surface area contributed by atoms with Crippen LogP contribution < -0.4 is 10.6 Å². The molecule has 1 saturated heterocycles. The van der Waals surface area contributed by atoms with Crippen molar-refractivity contribution in [1.82, 2.24) is 10.2 Å². The van der Waals surface area contributed by atoms with Gasteiger partial charge in [-0.3, -0.25) is 34.2 Å². The molecule has 0 aromatic heterocycles. The van der Waals surface area contributed by atoms with Crippen LogP contribution in [-0.2, 0) is 66.5 Å². The van der Waals surface area contributed by atoms with Gasteiger partial charge in [-0.1, -0.05) is 6.07 Å². The van der Waals surface area contributed by atoms with E-state index in [0.29, 0.717) is 144 Å². The number of anilines is 1. The summed E-state index contributed by atoms with van der Waals surface area (Å²) in [5.41, 5.74) is 0.408. The van der Waals surface area contributed by atoms with E-state index < -0.39 is 35.3 Å². The van der Waals surface area contributed by atoms with Gasteiger partial charge in [0.15, 0.2) is 0 Å². The molecule has 1 fully saturated rings. The van der Waals surface area contributed by atoms with Gasteiger partial charge in [-0.25, -0.2) is 0 Å². The van der Waals surface area contributed by atoms with Gasteiger partial charge in [-0.15, -0.1) is 0 Å². The number of rotatable bonds is 35. The highest BCUT2D eigenvalue weighted by molar-refractivity contribution is 6.25. The van der Waals surface area contributed by atoms with Crippen molar-refractivity contribution in [3.8, 4) is 0 Å². The summed E-state index contributed by atoms with van der Waals surface area (Å²) in [7, 11) is 0. The summed E-state index contributed by atoms with van der Waals surface area (Å²) in [5.74, 6) is -2.46. The first-order valence-electron chi connectivity index (χ1n) is 20.2. The Morgan fingerprint density at radius 3 is 1.47 bits per heavy atom. The Morgan fingerprint density at radius 1 is 0.627 bits per heavy atom. The number of imide groups is 2. The molecule has 0 aliphatic carbocycles. The quantitative estimate of drug-likeness (QED) is 0.0561. The second kappa shape index (κ2) is 29.6. The molecule has 0 radical (unpaired) electrons. The van der Waals surface area contributed by atoms with Crippen molar-refractivity contribution in [2.75, 3.05) is 144 Å². The second-order valence-corrected chi connectivity index (χ2v) is 14.1. The first kappa shape index (κ1) is 49.7. The van der Waals surface area contributed by atoms with Crippen molar-refractivity contribution in [2.24, 2.45) is 0 Å². The van der Waals surface area contributed by atoms with Gasteiger partial charge in [-0.05, 0) is 39.3 Å². The van der Waals surface area contributed by atoms with Gasteiger partial charge in [0, 0.05) is 18.7 Å². The lowest BCUT2D eigenvalue weighted by molar-refractivity contribution is -0.156. The zero-order valence-corrected chi connectivity index (χ0v) is 34.8. The number of benzene rings is 1. The Kier molecular flexibility index (Phi) is 24.9. The number of fused-ring (bicyclic) bond motifs is 1. The predicted molar refractivity (Wildman–Crippen MR) is 210 cm³/mol. The minimum absolute atomic E-state index is 0.0622. The van der Waals surface area contributed by atoms with Crippen molar-refractivity contribution in [3.05, 3.63) is 29.3 Å². The number of hydrogen-bond donors (Lipinski definition) is 2. The fourth-order valence-corrected chi connectivity index (χ4v) is 5.55. The van der Waals surface area contributed by atoms with Gasteiger partial charge in [0.1, 0.15) is 11.6 Å². The monoisotopic (exact) mass is 841 g/mol. The molecule has 1 aromatic carbocycles. The standard InChI is InChI=1S/C40H63N3O16/c1-40(2,3)59-35(45)9-11-49-13-15-51-17-19-53-21-23-55-25-27-57-29-30-58-28-26-56-24-22-54-20-18-52-16-14-50-12-10-41-32-6-4-5-31-36(32)39(48)43(38(31)47)33-7-8-34(44)42-37(33)46/h4-6,33,41H,7-30H2,1-3H3,(H,42,44,46). The number of piperidine rings is 1. The molecule has 1 unspecified atom stereocenters. The molecule has 4 amide bonds. The first-order chi connectivity index (χ1) is 28.6. The number of carbonyl (C=O) groups is 5. The van der Waals surface area contributed by atoms with Crippen LogP contribution in [0.3, 0.4) is 0 Å². The summed E-state index contributed by atoms with van der Waals surface area (Å²) in [6, 6.07) is 3.89. The SMILES string of the molecule is CC(C)(C)OC(=O)CCOCCOCCOCCOCCOCCOCCOCCOCCOCCOCCNc1cccc2c1C(=O)N(C1CCC(=O)NC1=O)C2=O. The molecule has 2 aliphatic rings. The lowest BCUT2D eigenvalue weighted by Gasteiger charge is -2.27. The van der Waals surface area contributed by atoms with Crippen molar-refractivity contribution in [1.29, 1.82) is 0 Å². The van der Waals surface area contributed by atoms with E-state index >= 15 is 0 Å². The van der Waals surface area contributed by atoms with E-state index in [4.69, 9.17) is 52.1 Å². The molecule has 19 heteroatoms. The number of hydrogen-bond acceptors (Lipinski definition) is 17. The van der Waals surface area contributed by atoms with Crippen LogP contribution in [0.1, 0.15) is 60.7 Å².